The number of hydrogen-bond donors (Lipinski definition) is 1. The summed E-state index contributed by atoms with van der Waals surface area (Å²) in [5.41, 5.74) is 8.02. The molecule has 1 fully saturated rings. The van der Waals surface area contributed by atoms with E-state index in [0.29, 0.717) is 5.69 Å². The van der Waals surface area contributed by atoms with E-state index in [2.05, 4.69) is 66.9 Å². The van der Waals surface area contributed by atoms with Crippen LogP contribution in [-0.4, -0.2) is 65.4 Å². The Morgan fingerprint density at radius 1 is 1.06 bits per heavy atom. The number of aromatic amines is 1. The molecule has 0 saturated carbocycles. The van der Waals surface area contributed by atoms with E-state index < -0.39 is 0 Å². The summed E-state index contributed by atoms with van der Waals surface area (Å²) < 4.78 is 0. The highest BCUT2D eigenvalue weighted by atomic mass is 16.2. The first-order valence-electron chi connectivity index (χ1n) is 12.3. The summed E-state index contributed by atoms with van der Waals surface area (Å²) in [6.45, 7) is 11.6. The molecule has 0 radical (unpaired) electrons. The van der Waals surface area contributed by atoms with Crippen LogP contribution < -0.4 is 4.90 Å². The minimum atomic E-state index is 0.0883. The Balaban J connectivity index is 1.64. The molecule has 3 aromatic rings. The molecule has 0 bridgehead atoms. The quantitative estimate of drug-likeness (QED) is 0.657. The average Bonchev–Trinajstić information content (AvgIpc) is 3.13. The molecule has 174 valence electrons. The zero-order valence-electron chi connectivity index (χ0n) is 20.4. The van der Waals surface area contributed by atoms with Gasteiger partial charge < -0.3 is 19.7 Å². The Bertz CT molecular complexity index is 1190. The number of nitrogens with one attached hydrogen (secondary N) is 1. The smallest absolute Gasteiger partial charge is 0.272 e. The van der Waals surface area contributed by atoms with Crippen LogP contribution >= 0.6 is 0 Å². The predicted molar refractivity (Wildman–Crippen MR) is 134 cm³/mol. The molecule has 33 heavy (non-hydrogen) atoms. The lowest BCUT2D eigenvalue weighted by atomic mass is 9.97. The van der Waals surface area contributed by atoms with Gasteiger partial charge in [0.2, 0.25) is 0 Å². The van der Waals surface area contributed by atoms with Gasteiger partial charge in [-0.25, -0.2) is 4.98 Å². The molecular formula is C27H35N5O. The van der Waals surface area contributed by atoms with E-state index in [1.807, 2.05) is 4.90 Å². The van der Waals surface area contributed by atoms with Gasteiger partial charge >= 0.3 is 0 Å². The normalized spacial score (nSPS) is 17.0. The molecule has 0 atom stereocenters. The number of carbonyl (C=O) groups is 1. The molecule has 1 aromatic carbocycles. The highest BCUT2D eigenvalue weighted by Gasteiger charge is 2.29. The largest absolute Gasteiger partial charge is 0.355 e. The van der Waals surface area contributed by atoms with E-state index in [4.69, 9.17) is 4.98 Å². The van der Waals surface area contributed by atoms with Crippen molar-refractivity contribution < 1.29 is 4.79 Å². The third-order valence-corrected chi connectivity index (χ3v) is 7.45. The SMILES string of the molecule is CCCc1c(C(=O)N2CCN(C)CC2)nc(N2CCc3ccccc3C2)c2[nH]c(C)c(C)c12. The Morgan fingerprint density at radius 3 is 2.52 bits per heavy atom. The van der Waals surface area contributed by atoms with Crippen molar-refractivity contribution in [2.24, 2.45) is 0 Å². The Hall–Kier alpha value is -2.86. The van der Waals surface area contributed by atoms with Crippen LogP contribution in [0.3, 0.4) is 0 Å². The van der Waals surface area contributed by atoms with Crippen molar-refractivity contribution in [3.05, 3.63) is 57.9 Å². The van der Waals surface area contributed by atoms with Crippen LogP contribution in [-0.2, 0) is 19.4 Å². The number of H-pyrrole nitrogens is 1. The number of anilines is 1. The van der Waals surface area contributed by atoms with Crippen LogP contribution in [0, 0.1) is 13.8 Å². The summed E-state index contributed by atoms with van der Waals surface area (Å²) in [4.78, 5) is 29.2. The fourth-order valence-electron chi connectivity index (χ4n) is 5.35. The number of likely N-dealkylation sites (N-methyl/N-ethyl adjacent to an activating group) is 1. The fourth-order valence-corrected chi connectivity index (χ4v) is 5.35. The molecule has 6 nitrogen and oxygen atoms in total. The molecule has 1 saturated heterocycles. The zero-order valence-corrected chi connectivity index (χ0v) is 20.4. The molecule has 6 heteroatoms. The maximum atomic E-state index is 13.8. The number of aromatic nitrogens is 2. The predicted octanol–water partition coefficient (Wildman–Crippen LogP) is 4.08. The van der Waals surface area contributed by atoms with Gasteiger partial charge in [-0.3, -0.25) is 4.79 Å². The fraction of sp³-hybridized carbons (Fsp3) is 0.481. The summed E-state index contributed by atoms with van der Waals surface area (Å²) in [5, 5.41) is 1.20. The monoisotopic (exact) mass is 445 g/mol. The molecule has 0 spiro atoms. The van der Waals surface area contributed by atoms with Crippen LogP contribution in [0.4, 0.5) is 5.82 Å². The average molecular weight is 446 g/mol. The summed E-state index contributed by atoms with van der Waals surface area (Å²) in [5.74, 6) is 1.01. The van der Waals surface area contributed by atoms with E-state index in [-0.39, 0.29) is 5.91 Å². The van der Waals surface area contributed by atoms with E-state index in [0.717, 1.165) is 81.1 Å². The van der Waals surface area contributed by atoms with E-state index in [9.17, 15) is 4.79 Å². The second-order valence-electron chi connectivity index (χ2n) is 9.67. The van der Waals surface area contributed by atoms with E-state index in [1.165, 1.54) is 22.1 Å². The number of hydrogen-bond acceptors (Lipinski definition) is 4. The number of aryl methyl sites for hydroxylation is 3. The summed E-state index contributed by atoms with van der Waals surface area (Å²) in [7, 11) is 2.12. The Morgan fingerprint density at radius 2 is 1.79 bits per heavy atom. The van der Waals surface area contributed by atoms with Gasteiger partial charge in [-0.2, -0.15) is 0 Å². The van der Waals surface area contributed by atoms with Crippen molar-refractivity contribution in [1.82, 2.24) is 19.8 Å². The highest BCUT2D eigenvalue weighted by Crippen LogP contribution is 2.36. The maximum absolute atomic E-state index is 13.8. The molecule has 0 unspecified atom stereocenters. The number of fused-ring (bicyclic) bond motifs is 2. The molecular weight excluding hydrogens is 410 g/mol. The number of benzene rings is 1. The van der Waals surface area contributed by atoms with E-state index in [1.54, 1.807) is 0 Å². The van der Waals surface area contributed by atoms with Crippen LogP contribution in [0.1, 0.15) is 51.8 Å². The number of nitrogens with zero attached hydrogens (tertiary/aromatic N) is 4. The van der Waals surface area contributed by atoms with Gasteiger partial charge in [0, 0.05) is 50.3 Å². The topological polar surface area (TPSA) is 55.5 Å². The van der Waals surface area contributed by atoms with Gasteiger partial charge in [0.05, 0.1) is 5.52 Å². The number of rotatable bonds is 4. The molecule has 2 aliphatic rings. The van der Waals surface area contributed by atoms with Gasteiger partial charge in [0.15, 0.2) is 5.82 Å². The number of pyridine rings is 1. The van der Waals surface area contributed by atoms with Gasteiger partial charge in [0.1, 0.15) is 5.69 Å². The second-order valence-corrected chi connectivity index (χ2v) is 9.67. The first-order valence-corrected chi connectivity index (χ1v) is 12.3. The van der Waals surface area contributed by atoms with Crippen LogP contribution in [0.25, 0.3) is 10.9 Å². The summed E-state index contributed by atoms with van der Waals surface area (Å²) >= 11 is 0. The summed E-state index contributed by atoms with van der Waals surface area (Å²) in [6.07, 6.45) is 2.84. The van der Waals surface area contributed by atoms with Crippen molar-refractivity contribution in [3.8, 4) is 0 Å². The number of piperazine rings is 1. The second kappa shape index (κ2) is 8.82. The molecule has 5 rings (SSSR count). The van der Waals surface area contributed by atoms with Crippen molar-refractivity contribution in [2.75, 3.05) is 44.7 Å². The lowest BCUT2D eigenvalue weighted by Crippen LogP contribution is -2.47. The standard InChI is InChI=1S/C27H35N5O/c1-5-8-22-23-18(2)19(3)28-25(23)26(32-12-11-20-9-6-7-10-21(20)17-32)29-24(22)27(33)31-15-13-30(4)14-16-31/h6-7,9-10,28H,5,8,11-17H2,1-4H3. The third kappa shape index (κ3) is 3.90. The lowest BCUT2D eigenvalue weighted by molar-refractivity contribution is 0.0657. The van der Waals surface area contributed by atoms with Crippen molar-refractivity contribution >= 4 is 22.6 Å². The first-order chi connectivity index (χ1) is 16.0. The third-order valence-electron chi connectivity index (χ3n) is 7.45. The number of carbonyl (C=O) groups excluding carboxylic acids is 1. The van der Waals surface area contributed by atoms with Crippen LogP contribution in [0.5, 0.6) is 0 Å². The van der Waals surface area contributed by atoms with Crippen molar-refractivity contribution in [3.63, 3.8) is 0 Å². The molecule has 1 N–H and O–H groups in total. The van der Waals surface area contributed by atoms with Crippen molar-refractivity contribution in [2.45, 2.75) is 46.6 Å². The Kier molecular flexibility index (Phi) is 5.87. The van der Waals surface area contributed by atoms with Crippen LogP contribution in [0.2, 0.25) is 0 Å². The first kappa shape index (κ1) is 22.0. The van der Waals surface area contributed by atoms with Gasteiger partial charge in [-0.15, -0.1) is 0 Å². The molecule has 1 amide bonds. The summed E-state index contributed by atoms with van der Waals surface area (Å²) in [6, 6.07) is 8.67. The zero-order chi connectivity index (χ0) is 23.1. The molecule has 2 aromatic heterocycles. The van der Waals surface area contributed by atoms with Crippen LogP contribution in [0.15, 0.2) is 24.3 Å². The molecule has 0 aliphatic carbocycles. The van der Waals surface area contributed by atoms with E-state index >= 15 is 0 Å². The number of amides is 1. The Labute approximate surface area is 196 Å². The van der Waals surface area contributed by atoms with Gasteiger partial charge in [-0.1, -0.05) is 37.6 Å². The lowest BCUT2D eigenvalue weighted by Gasteiger charge is -2.34. The van der Waals surface area contributed by atoms with Gasteiger partial charge in [0.25, 0.3) is 5.91 Å². The maximum Gasteiger partial charge on any atom is 0.272 e. The molecule has 4 heterocycles. The van der Waals surface area contributed by atoms with Crippen molar-refractivity contribution in [1.29, 1.82) is 0 Å². The minimum Gasteiger partial charge on any atom is -0.355 e. The van der Waals surface area contributed by atoms with Gasteiger partial charge in [-0.05, 0) is 56.0 Å². The minimum absolute atomic E-state index is 0.0883. The highest BCUT2D eigenvalue weighted by molar-refractivity contribution is 6.04. The molecule has 2 aliphatic heterocycles.